The summed E-state index contributed by atoms with van der Waals surface area (Å²) in [5, 5.41) is 6.95. The molecule has 0 aromatic carbocycles. The summed E-state index contributed by atoms with van der Waals surface area (Å²) in [6.07, 6.45) is 3.19. The molecule has 1 fully saturated rings. The van der Waals surface area contributed by atoms with E-state index in [1.807, 2.05) is 13.8 Å². The van der Waals surface area contributed by atoms with Gasteiger partial charge in [-0.3, -0.25) is 4.79 Å². The lowest BCUT2D eigenvalue weighted by Gasteiger charge is -2.33. The molecule has 5 heteroatoms. The molecule has 1 aliphatic rings. The topological polar surface area (TPSA) is 64.4 Å². The summed E-state index contributed by atoms with van der Waals surface area (Å²) in [6.45, 7) is 8.33. The molecule has 1 saturated heterocycles. The van der Waals surface area contributed by atoms with E-state index >= 15 is 0 Å². The molecule has 0 saturated carbocycles. The van der Waals surface area contributed by atoms with Gasteiger partial charge in [-0.1, -0.05) is 12.1 Å². The minimum atomic E-state index is 0.0951. The quantitative estimate of drug-likeness (QED) is 0.897. The number of ether oxygens (including phenoxy) is 1. The van der Waals surface area contributed by atoms with Crippen LogP contribution in [-0.2, 0) is 16.0 Å². The van der Waals surface area contributed by atoms with Crippen LogP contribution in [0.4, 0.5) is 0 Å². The molecular formula is C15H24N2O3. The van der Waals surface area contributed by atoms with Crippen molar-refractivity contribution >= 4 is 5.91 Å². The fourth-order valence-corrected chi connectivity index (χ4v) is 2.54. The molecule has 1 aromatic heterocycles. The van der Waals surface area contributed by atoms with Crippen LogP contribution >= 0.6 is 0 Å². The van der Waals surface area contributed by atoms with Gasteiger partial charge in [-0.2, -0.15) is 0 Å². The zero-order valence-electron chi connectivity index (χ0n) is 12.6. The van der Waals surface area contributed by atoms with Crippen molar-refractivity contribution in [1.82, 2.24) is 10.5 Å². The number of rotatable bonds is 5. The number of carbonyl (C=O) groups is 1. The summed E-state index contributed by atoms with van der Waals surface area (Å²) < 4.78 is 10.5. The van der Waals surface area contributed by atoms with E-state index in [2.05, 4.69) is 17.4 Å². The van der Waals surface area contributed by atoms with Crippen molar-refractivity contribution in [3.8, 4) is 0 Å². The van der Waals surface area contributed by atoms with Crippen molar-refractivity contribution in [3.05, 3.63) is 17.0 Å². The Kier molecular flexibility index (Phi) is 4.81. The Morgan fingerprint density at radius 1 is 1.35 bits per heavy atom. The Labute approximate surface area is 120 Å². The van der Waals surface area contributed by atoms with E-state index in [0.29, 0.717) is 12.8 Å². The summed E-state index contributed by atoms with van der Waals surface area (Å²) >= 11 is 0. The Balaban J connectivity index is 1.75. The van der Waals surface area contributed by atoms with Gasteiger partial charge in [0.1, 0.15) is 5.76 Å². The smallest absolute Gasteiger partial charge is 0.220 e. The SMILES string of the molecule is Cc1noc(C)c1CCC(=O)NCC1(C)CCOCC1. The van der Waals surface area contributed by atoms with Gasteiger partial charge >= 0.3 is 0 Å². The molecule has 20 heavy (non-hydrogen) atoms. The van der Waals surface area contributed by atoms with Gasteiger partial charge in [-0.25, -0.2) is 0 Å². The normalized spacial score (nSPS) is 17.9. The second kappa shape index (κ2) is 6.39. The van der Waals surface area contributed by atoms with Crippen molar-refractivity contribution < 1.29 is 14.1 Å². The van der Waals surface area contributed by atoms with Crippen molar-refractivity contribution in [2.75, 3.05) is 19.8 Å². The summed E-state index contributed by atoms with van der Waals surface area (Å²) in [6, 6.07) is 0. The molecule has 0 radical (unpaired) electrons. The highest BCUT2D eigenvalue weighted by atomic mass is 16.5. The van der Waals surface area contributed by atoms with Gasteiger partial charge in [-0.05, 0) is 38.5 Å². The van der Waals surface area contributed by atoms with Gasteiger partial charge < -0.3 is 14.6 Å². The lowest BCUT2D eigenvalue weighted by Crippen LogP contribution is -2.39. The van der Waals surface area contributed by atoms with Crippen LogP contribution in [-0.4, -0.2) is 30.8 Å². The van der Waals surface area contributed by atoms with Gasteiger partial charge in [0.25, 0.3) is 0 Å². The number of nitrogens with zero attached hydrogens (tertiary/aromatic N) is 1. The average Bonchev–Trinajstić information content (AvgIpc) is 2.74. The lowest BCUT2D eigenvalue weighted by atomic mass is 9.82. The molecule has 1 N–H and O–H groups in total. The van der Waals surface area contributed by atoms with E-state index < -0.39 is 0 Å². The molecule has 1 aliphatic heterocycles. The van der Waals surface area contributed by atoms with Gasteiger partial charge in [0, 0.05) is 31.7 Å². The molecule has 1 aromatic rings. The summed E-state index contributed by atoms with van der Waals surface area (Å²) in [5.41, 5.74) is 2.11. The third-order valence-electron chi connectivity index (χ3n) is 4.20. The van der Waals surface area contributed by atoms with Crippen LogP contribution in [0.25, 0.3) is 0 Å². The van der Waals surface area contributed by atoms with Crippen LogP contribution < -0.4 is 5.32 Å². The maximum Gasteiger partial charge on any atom is 0.220 e. The van der Waals surface area contributed by atoms with Crippen molar-refractivity contribution in [2.45, 2.75) is 46.5 Å². The molecular weight excluding hydrogens is 256 g/mol. The molecule has 0 spiro atoms. The van der Waals surface area contributed by atoms with E-state index in [1.165, 1.54) is 0 Å². The predicted octanol–water partition coefficient (Wildman–Crippen LogP) is 2.16. The largest absolute Gasteiger partial charge is 0.381 e. The number of carbonyl (C=O) groups excluding carboxylic acids is 1. The minimum absolute atomic E-state index is 0.0951. The number of hydrogen-bond acceptors (Lipinski definition) is 4. The molecule has 112 valence electrons. The maximum absolute atomic E-state index is 12.0. The van der Waals surface area contributed by atoms with Crippen molar-refractivity contribution in [1.29, 1.82) is 0 Å². The average molecular weight is 280 g/mol. The van der Waals surface area contributed by atoms with Gasteiger partial charge in [0.2, 0.25) is 5.91 Å². The third-order valence-corrected chi connectivity index (χ3v) is 4.20. The lowest BCUT2D eigenvalue weighted by molar-refractivity contribution is -0.121. The van der Waals surface area contributed by atoms with Crippen LogP contribution in [0, 0.1) is 19.3 Å². The van der Waals surface area contributed by atoms with Crippen LogP contribution in [0.1, 0.15) is 43.2 Å². The molecule has 0 bridgehead atoms. The zero-order valence-corrected chi connectivity index (χ0v) is 12.6. The first-order chi connectivity index (χ1) is 9.50. The third kappa shape index (κ3) is 3.82. The zero-order chi connectivity index (χ0) is 14.6. The first-order valence-corrected chi connectivity index (χ1v) is 7.26. The monoisotopic (exact) mass is 280 g/mol. The van der Waals surface area contributed by atoms with E-state index in [9.17, 15) is 4.79 Å². The Bertz CT molecular complexity index is 442. The second-order valence-corrected chi connectivity index (χ2v) is 6.00. The standard InChI is InChI=1S/C15H24N2O3/c1-11-13(12(2)20-17-11)4-5-14(18)16-10-15(3)6-8-19-9-7-15/h4-10H2,1-3H3,(H,16,18). The van der Waals surface area contributed by atoms with Gasteiger partial charge in [0.05, 0.1) is 5.69 Å². The Hall–Kier alpha value is -1.36. The van der Waals surface area contributed by atoms with Crippen LogP contribution in [0.5, 0.6) is 0 Å². The van der Waals surface area contributed by atoms with E-state index in [4.69, 9.17) is 9.26 Å². The van der Waals surface area contributed by atoms with Crippen LogP contribution in [0.2, 0.25) is 0 Å². The number of nitrogens with one attached hydrogen (secondary N) is 1. The number of aryl methyl sites for hydroxylation is 2. The molecule has 0 aliphatic carbocycles. The fourth-order valence-electron chi connectivity index (χ4n) is 2.54. The summed E-state index contributed by atoms with van der Waals surface area (Å²) in [4.78, 5) is 12.0. The van der Waals surface area contributed by atoms with Crippen LogP contribution in [0.3, 0.4) is 0 Å². The summed E-state index contributed by atoms with van der Waals surface area (Å²) in [7, 11) is 0. The minimum Gasteiger partial charge on any atom is -0.381 e. The number of hydrogen-bond donors (Lipinski definition) is 1. The molecule has 0 unspecified atom stereocenters. The molecule has 2 heterocycles. The molecule has 2 rings (SSSR count). The van der Waals surface area contributed by atoms with Gasteiger partial charge in [-0.15, -0.1) is 0 Å². The van der Waals surface area contributed by atoms with Gasteiger partial charge in [0.15, 0.2) is 0 Å². The van der Waals surface area contributed by atoms with Crippen molar-refractivity contribution in [3.63, 3.8) is 0 Å². The van der Waals surface area contributed by atoms with E-state index in [-0.39, 0.29) is 11.3 Å². The predicted molar refractivity (Wildman–Crippen MR) is 75.5 cm³/mol. The highest BCUT2D eigenvalue weighted by Crippen LogP contribution is 2.28. The molecule has 5 nitrogen and oxygen atoms in total. The highest BCUT2D eigenvalue weighted by Gasteiger charge is 2.27. The number of aromatic nitrogens is 1. The first kappa shape index (κ1) is 15.0. The van der Waals surface area contributed by atoms with E-state index in [0.717, 1.165) is 49.6 Å². The first-order valence-electron chi connectivity index (χ1n) is 7.26. The van der Waals surface area contributed by atoms with Crippen molar-refractivity contribution in [2.24, 2.45) is 5.41 Å². The second-order valence-electron chi connectivity index (χ2n) is 6.00. The number of amides is 1. The molecule has 0 atom stereocenters. The van der Waals surface area contributed by atoms with Crippen LogP contribution in [0.15, 0.2) is 4.52 Å². The highest BCUT2D eigenvalue weighted by molar-refractivity contribution is 5.76. The molecule has 1 amide bonds. The summed E-state index contributed by atoms with van der Waals surface area (Å²) in [5.74, 6) is 0.907. The Morgan fingerprint density at radius 2 is 2.05 bits per heavy atom. The maximum atomic E-state index is 12.0. The fraction of sp³-hybridized carbons (Fsp3) is 0.733. The Morgan fingerprint density at radius 3 is 2.65 bits per heavy atom. The van der Waals surface area contributed by atoms with E-state index in [1.54, 1.807) is 0 Å².